The molecule has 0 N–H and O–H groups in total. The Balaban J connectivity index is 1.37. The summed E-state index contributed by atoms with van der Waals surface area (Å²) in [4.78, 5) is 5.45. The van der Waals surface area contributed by atoms with Crippen LogP contribution in [0.15, 0.2) is 18.2 Å². The van der Waals surface area contributed by atoms with Gasteiger partial charge in [0.25, 0.3) is 0 Å². The van der Waals surface area contributed by atoms with Crippen LogP contribution in [0.1, 0.15) is 69.4 Å². The maximum Gasteiger partial charge on any atom is 0.124 e. The van der Waals surface area contributed by atoms with Gasteiger partial charge in [-0.2, -0.15) is 0 Å². The van der Waals surface area contributed by atoms with Crippen LogP contribution in [-0.2, 0) is 22.6 Å². The van der Waals surface area contributed by atoms with Crippen molar-refractivity contribution in [3.8, 4) is 5.75 Å². The van der Waals surface area contributed by atoms with Crippen molar-refractivity contribution >= 4 is 0 Å². The third-order valence-corrected chi connectivity index (χ3v) is 7.71. The minimum Gasteiger partial charge on any atom is -0.496 e. The fourth-order valence-electron chi connectivity index (χ4n) is 5.93. The van der Waals surface area contributed by atoms with Crippen LogP contribution in [0.3, 0.4) is 0 Å². The van der Waals surface area contributed by atoms with E-state index < -0.39 is 0 Å². The number of likely N-dealkylation sites (tertiary alicyclic amines) is 1. The van der Waals surface area contributed by atoms with Crippen molar-refractivity contribution < 1.29 is 14.2 Å². The summed E-state index contributed by atoms with van der Waals surface area (Å²) in [6.07, 6.45) is 11.2. The Kier molecular flexibility index (Phi) is 9.27. The Bertz CT molecular complexity index is 677. The van der Waals surface area contributed by atoms with Gasteiger partial charge in [-0.25, -0.2) is 0 Å². The molecule has 5 nitrogen and oxygen atoms in total. The second-order valence-corrected chi connectivity index (χ2v) is 10.0. The van der Waals surface area contributed by atoms with Crippen LogP contribution >= 0.6 is 0 Å². The van der Waals surface area contributed by atoms with Gasteiger partial charge >= 0.3 is 0 Å². The molecule has 2 saturated heterocycles. The molecule has 0 aromatic heterocycles. The Hall–Kier alpha value is -1.14. The molecule has 3 aliphatic rings. The first kappa shape index (κ1) is 24.0. The zero-order valence-electron chi connectivity index (χ0n) is 20.4. The number of rotatable bonds is 11. The Morgan fingerprint density at radius 1 is 1.03 bits per heavy atom. The summed E-state index contributed by atoms with van der Waals surface area (Å²) < 4.78 is 17.3. The molecule has 1 saturated carbocycles. The van der Waals surface area contributed by atoms with Crippen molar-refractivity contribution in [1.29, 1.82) is 0 Å². The predicted molar refractivity (Wildman–Crippen MR) is 129 cm³/mol. The summed E-state index contributed by atoms with van der Waals surface area (Å²) in [5.74, 6) is 1.72. The number of hydrogen-bond acceptors (Lipinski definition) is 5. The molecule has 1 aliphatic carbocycles. The molecule has 2 aliphatic heterocycles. The summed E-state index contributed by atoms with van der Waals surface area (Å²) in [5.41, 5.74) is 2.50. The normalized spacial score (nSPS) is 23.4. The van der Waals surface area contributed by atoms with Gasteiger partial charge in [-0.1, -0.05) is 18.9 Å². The third kappa shape index (κ3) is 6.69. The highest BCUT2D eigenvalue weighted by Crippen LogP contribution is 2.29. The van der Waals surface area contributed by atoms with Crippen LogP contribution < -0.4 is 4.74 Å². The summed E-state index contributed by atoms with van der Waals surface area (Å²) in [6.45, 7) is 10.1. The van der Waals surface area contributed by atoms with Crippen LogP contribution in [-0.4, -0.2) is 68.4 Å². The molecule has 1 aromatic carbocycles. The van der Waals surface area contributed by atoms with E-state index in [1.807, 2.05) is 6.92 Å². The molecule has 0 amide bonds. The Labute approximate surface area is 195 Å². The van der Waals surface area contributed by atoms with E-state index in [0.29, 0.717) is 12.7 Å². The minimum absolute atomic E-state index is 0.398. The smallest absolute Gasteiger partial charge is 0.124 e. The van der Waals surface area contributed by atoms with E-state index in [4.69, 9.17) is 14.2 Å². The van der Waals surface area contributed by atoms with Crippen LogP contribution in [0.25, 0.3) is 0 Å². The molecular weight excluding hydrogens is 400 g/mol. The molecule has 32 heavy (non-hydrogen) atoms. The first-order valence-corrected chi connectivity index (χ1v) is 13.1. The van der Waals surface area contributed by atoms with E-state index in [2.05, 4.69) is 28.0 Å². The SMILES string of the molecule is CCOCc1cc(CN(CC2CCN(C3CCCC3)CC2)C[C@H]2CCCO2)ccc1OC. The molecular formula is C27H44N2O3. The lowest BCUT2D eigenvalue weighted by molar-refractivity contribution is 0.0539. The Morgan fingerprint density at radius 3 is 2.53 bits per heavy atom. The fourth-order valence-corrected chi connectivity index (χ4v) is 5.93. The lowest BCUT2D eigenvalue weighted by Gasteiger charge is -2.38. The number of piperidine rings is 1. The van der Waals surface area contributed by atoms with E-state index in [9.17, 15) is 0 Å². The molecule has 5 heteroatoms. The first-order chi connectivity index (χ1) is 15.7. The average Bonchev–Trinajstić information content (AvgIpc) is 3.53. The van der Waals surface area contributed by atoms with Gasteiger partial charge in [0, 0.05) is 44.5 Å². The predicted octanol–water partition coefficient (Wildman–Crippen LogP) is 4.87. The van der Waals surface area contributed by atoms with Crippen LogP contribution in [0.5, 0.6) is 5.75 Å². The molecule has 1 atom stereocenters. The van der Waals surface area contributed by atoms with E-state index >= 15 is 0 Å². The van der Waals surface area contributed by atoms with Crippen LogP contribution in [0, 0.1) is 5.92 Å². The zero-order valence-corrected chi connectivity index (χ0v) is 20.4. The second-order valence-electron chi connectivity index (χ2n) is 10.0. The standard InChI is InChI=1S/C27H44N2O3/c1-3-31-21-24-17-23(10-11-27(24)30-2)19-28(20-26-9-6-16-32-26)18-22-12-14-29(15-13-22)25-7-4-5-8-25/h10-11,17,22,25-26H,3-9,12-16,18-21H2,1-2H3/t26-/m1/s1. The van der Waals surface area contributed by atoms with Crippen molar-refractivity contribution in [3.05, 3.63) is 29.3 Å². The van der Waals surface area contributed by atoms with Crippen molar-refractivity contribution in [2.24, 2.45) is 5.92 Å². The highest BCUT2D eigenvalue weighted by Gasteiger charge is 2.29. The second kappa shape index (κ2) is 12.4. The molecule has 0 spiro atoms. The lowest BCUT2D eigenvalue weighted by atomic mass is 9.94. The quantitative estimate of drug-likeness (QED) is 0.487. The number of ether oxygens (including phenoxy) is 3. The zero-order chi connectivity index (χ0) is 22.2. The van der Waals surface area contributed by atoms with Crippen molar-refractivity contribution in [1.82, 2.24) is 9.80 Å². The number of nitrogens with zero attached hydrogens (tertiary/aromatic N) is 2. The van der Waals surface area contributed by atoms with Crippen molar-refractivity contribution in [2.45, 2.75) is 83.6 Å². The van der Waals surface area contributed by atoms with E-state index in [-0.39, 0.29) is 0 Å². The monoisotopic (exact) mass is 444 g/mol. The molecule has 0 unspecified atom stereocenters. The summed E-state index contributed by atoms with van der Waals surface area (Å²) >= 11 is 0. The van der Waals surface area contributed by atoms with Crippen LogP contribution in [0.4, 0.5) is 0 Å². The van der Waals surface area contributed by atoms with Gasteiger partial charge in [0.2, 0.25) is 0 Å². The molecule has 3 fully saturated rings. The fraction of sp³-hybridized carbons (Fsp3) is 0.778. The summed E-state index contributed by atoms with van der Waals surface area (Å²) in [7, 11) is 1.74. The topological polar surface area (TPSA) is 34.2 Å². The maximum absolute atomic E-state index is 6.02. The highest BCUT2D eigenvalue weighted by molar-refractivity contribution is 5.37. The van der Waals surface area contributed by atoms with E-state index in [0.717, 1.165) is 49.6 Å². The van der Waals surface area contributed by atoms with Gasteiger partial charge in [-0.05, 0) is 82.2 Å². The van der Waals surface area contributed by atoms with Crippen molar-refractivity contribution in [3.63, 3.8) is 0 Å². The average molecular weight is 445 g/mol. The maximum atomic E-state index is 6.02. The van der Waals surface area contributed by atoms with Crippen LogP contribution in [0.2, 0.25) is 0 Å². The molecule has 0 radical (unpaired) electrons. The third-order valence-electron chi connectivity index (χ3n) is 7.71. The lowest BCUT2D eigenvalue weighted by Crippen LogP contribution is -2.43. The number of methoxy groups -OCH3 is 1. The molecule has 0 bridgehead atoms. The number of benzene rings is 1. The molecule has 4 rings (SSSR count). The molecule has 2 heterocycles. The number of hydrogen-bond donors (Lipinski definition) is 0. The van der Waals surface area contributed by atoms with Gasteiger partial charge < -0.3 is 19.1 Å². The van der Waals surface area contributed by atoms with Gasteiger partial charge in [0.15, 0.2) is 0 Å². The van der Waals surface area contributed by atoms with Crippen molar-refractivity contribution in [2.75, 3.05) is 46.5 Å². The first-order valence-electron chi connectivity index (χ1n) is 13.1. The molecule has 1 aromatic rings. The van der Waals surface area contributed by atoms with Gasteiger partial charge in [-0.3, -0.25) is 4.90 Å². The largest absolute Gasteiger partial charge is 0.496 e. The summed E-state index contributed by atoms with van der Waals surface area (Å²) in [6, 6.07) is 7.48. The highest BCUT2D eigenvalue weighted by atomic mass is 16.5. The van der Waals surface area contributed by atoms with E-state index in [1.165, 1.54) is 76.6 Å². The van der Waals surface area contributed by atoms with Gasteiger partial charge in [0.05, 0.1) is 19.8 Å². The van der Waals surface area contributed by atoms with E-state index in [1.54, 1.807) is 7.11 Å². The summed E-state index contributed by atoms with van der Waals surface area (Å²) in [5, 5.41) is 0. The Morgan fingerprint density at radius 2 is 1.84 bits per heavy atom. The minimum atomic E-state index is 0.398. The van der Waals surface area contributed by atoms with Gasteiger partial charge in [-0.15, -0.1) is 0 Å². The van der Waals surface area contributed by atoms with Gasteiger partial charge in [0.1, 0.15) is 5.75 Å². The molecule has 180 valence electrons.